The summed E-state index contributed by atoms with van der Waals surface area (Å²) in [5.74, 6) is 1.40. The van der Waals surface area contributed by atoms with Crippen LogP contribution in [0, 0.1) is 0 Å². The number of piperazine rings is 1. The van der Waals surface area contributed by atoms with Crippen molar-refractivity contribution < 1.29 is 19.0 Å². The lowest BCUT2D eigenvalue weighted by Gasteiger charge is -2.34. The fraction of sp³-hybridized carbons (Fsp3) is 0.650. The number of benzene rings is 1. The highest BCUT2D eigenvalue weighted by molar-refractivity contribution is 5.70. The molecule has 0 atom stereocenters. The molecule has 0 amide bonds. The van der Waals surface area contributed by atoms with Gasteiger partial charge in [0.2, 0.25) is 0 Å². The van der Waals surface area contributed by atoms with E-state index in [0.717, 1.165) is 50.8 Å². The number of carbonyl (C=O) groups is 1. The molecule has 2 rings (SSSR count). The molecule has 1 aromatic rings. The van der Waals surface area contributed by atoms with Crippen LogP contribution in [0.3, 0.4) is 0 Å². The van der Waals surface area contributed by atoms with E-state index in [2.05, 4.69) is 15.9 Å². The zero-order valence-corrected chi connectivity index (χ0v) is 16.7. The number of esters is 1. The highest BCUT2D eigenvalue weighted by atomic mass is 16.6. The monoisotopic (exact) mass is 364 g/mol. The Kier molecular flexibility index (Phi) is 7.29. The van der Waals surface area contributed by atoms with Gasteiger partial charge in [0, 0.05) is 39.3 Å². The van der Waals surface area contributed by atoms with Crippen molar-refractivity contribution in [1.29, 1.82) is 0 Å². The van der Waals surface area contributed by atoms with Crippen LogP contribution in [0.1, 0.15) is 32.8 Å². The van der Waals surface area contributed by atoms with E-state index in [9.17, 15) is 4.79 Å². The second-order valence-electron chi connectivity index (χ2n) is 7.64. The first kappa shape index (κ1) is 20.5. The van der Waals surface area contributed by atoms with Crippen molar-refractivity contribution in [2.24, 2.45) is 0 Å². The summed E-state index contributed by atoms with van der Waals surface area (Å²) in [5.41, 5.74) is 0.805. The number of hydrogen-bond acceptors (Lipinski definition) is 6. The maximum Gasteiger partial charge on any atom is 0.307 e. The number of hydrogen-bond donors (Lipinski definition) is 0. The number of rotatable bonds is 7. The minimum atomic E-state index is -0.408. The standard InChI is InChI=1S/C20H32N2O4/c1-20(2,3)26-19(23)8-9-21-10-12-22(13-11-21)15-16-6-7-17(24-4)18(14-16)25-5/h6-7,14H,8-13,15H2,1-5H3. The van der Waals surface area contributed by atoms with Crippen molar-refractivity contribution >= 4 is 5.97 Å². The molecule has 1 aromatic carbocycles. The average molecular weight is 364 g/mol. The van der Waals surface area contributed by atoms with Gasteiger partial charge in [-0.05, 0) is 38.5 Å². The molecule has 0 radical (unpaired) electrons. The first-order valence-corrected chi connectivity index (χ1v) is 9.18. The van der Waals surface area contributed by atoms with Gasteiger partial charge >= 0.3 is 5.97 Å². The van der Waals surface area contributed by atoms with Gasteiger partial charge in [-0.25, -0.2) is 0 Å². The van der Waals surface area contributed by atoms with Crippen molar-refractivity contribution in [2.75, 3.05) is 46.9 Å². The van der Waals surface area contributed by atoms with Gasteiger partial charge < -0.3 is 19.1 Å². The summed E-state index contributed by atoms with van der Waals surface area (Å²) in [6.45, 7) is 11.3. The third kappa shape index (κ3) is 6.50. The second kappa shape index (κ2) is 9.24. The van der Waals surface area contributed by atoms with Crippen LogP contribution in [0.5, 0.6) is 11.5 Å². The van der Waals surface area contributed by atoms with Crippen LogP contribution in [0.25, 0.3) is 0 Å². The Balaban J connectivity index is 1.76. The molecule has 146 valence electrons. The van der Waals surface area contributed by atoms with E-state index in [1.807, 2.05) is 32.9 Å². The van der Waals surface area contributed by atoms with E-state index in [4.69, 9.17) is 14.2 Å². The largest absolute Gasteiger partial charge is 0.493 e. The van der Waals surface area contributed by atoms with Gasteiger partial charge in [-0.15, -0.1) is 0 Å². The van der Waals surface area contributed by atoms with E-state index in [1.54, 1.807) is 14.2 Å². The SMILES string of the molecule is COc1ccc(CN2CCN(CCC(=O)OC(C)(C)C)CC2)cc1OC. The Bertz CT molecular complexity index is 590. The first-order chi connectivity index (χ1) is 12.3. The number of nitrogens with zero attached hydrogens (tertiary/aromatic N) is 2. The molecule has 0 aromatic heterocycles. The Morgan fingerprint density at radius 2 is 1.62 bits per heavy atom. The fourth-order valence-electron chi connectivity index (χ4n) is 3.05. The molecule has 0 unspecified atom stereocenters. The fourth-order valence-corrected chi connectivity index (χ4v) is 3.05. The summed E-state index contributed by atoms with van der Waals surface area (Å²) in [6.07, 6.45) is 0.451. The van der Waals surface area contributed by atoms with Crippen molar-refractivity contribution in [3.05, 3.63) is 23.8 Å². The smallest absolute Gasteiger partial charge is 0.307 e. The molecule has 0 bridgehead atoms. The highest BCUT2D eigenvalue weighted by Crippen LogP contribution is 2.28. The van der Waals surface area contributed by atoms with E-state index < -0.39 is 5.60 Å². The molecule has 26 heavy (non-hydrogen) atoms. The molecule has 6 heteroatoms. The minimum Gasteiger partial charge on any atom is -0.493 e. The van der Waals surface area contributed by atoms with E-state index in [0.29, 0.717) is 6.42 Å². The maximum absolute atomic E-state index is 11.8. The van der Waals surface area contributed by atoms with Crippen LogP contribution in [-0.4, -0.2) is 68.3 Å². The summed E-state index contributed by atoms with van der Waals surface area (Å²) >= 11 is 0. The summed E-state index contributed by atoms with van der Waals surface area (Å²) in [5, 5.41) is 0. The molecule has 0 aliphatic carbocycles. The Morgan fingerprint density at radius 1 is 1.00 bits per heavy atom. The van der Waals surface area contributed by atoms with Crippen molar-refractivity contribution in [3.63, 3.8) is 0 Å². The zero-order valence-electron chi connectivity index (χ0n) is 16.7. The maximum atomic E-state index is 11.8. The van der Waals surface area contributed by atoms with Crippen molar-refractivity contribution in [2.45, 2.75) is 39.3 Å². The van der Waals surface area contributed by atoms with Gasteiger partial charge in [0.25, 0.3) is 0 Å². The Labute approximate surface area is 157 Å². The quantitative estimate of drug-likeness (QED) is 0.693. The van der Waals surface area contributed by atoms with Crippen LogP contribution in [0.15, 0.2) is 18.2 Å². The Morgan fingerprint density at radius 3 is 2.19 bits per heavy atom. The van der Waals surface area contributed by atoms with Crippen LogP contribution >= 0.6 is 0 Å². The lowest BCUT2D eigenvalue weighted by atomic mass is 10.1. The first-order valence-electron chi connectivity index (χ1n) is 9.18. The summed E-state index contributed by atoms with van der Waals surface area (Å²) in [7, 11) is 3.30. The van der Waals surface area contributed by atoms with Gasteiger partial charge in [0.1, 0.15) is 5.60 Å². The van der Waals surface area contributed by atoms with Crippen LogP contribution in [0.2, 0.25) is 0 Å². The predicted octanol–water partition coefficient (Wildman–Crippen LogP) is 2.55. The molecule has 0 spiro atoms. The number of methoxy groups -OCH3 is 2. The van der Waals surface area contributed by atoms with Crippen LogP contribution in [-0.2, 0) is 16.1 Å². The molecule has 1 aliphatic heterocycles. The lowest BCUT2D eigenvalue weighted by molar-refractivity contribution is -0.155. The molecule has 0 saturated carbocycles. The molecular weight excluding hydrogens is 332 g/mol. The zero-order chi connectivity index (χ0) is 19.2. The van der Waals surface area contributed by atoms with E-state index in [1.165, 1.54) is 5.56 Å². The minimum absolute atomic E-state index is 0.120. The van der Waals surface area contributed by atoms with Gasteiger partial charge in [-0.1, -0.05) is 6.07 Å². The topological polar surface area (TPSA) is 51.2 Å². The predicted molar refractivity (Wildman–Crippen MR) is 102 cm³/mol. The van der Waals surface area contributed by atoms with Gasteiger partial charge in [-0.2, -0.15) is 0 Å². The molecule has 0 N–H and O–H groups in total. The van der Waals surface area contributed by atoms with Crippen LogP contribution in [0.4, 0.5) is 0 Å². The van der Waals surface area contributed by atoms with Gasteiger partial charge in [-0.3, -0.25) is 9.69 Å². The molecule has 1 heterocycles. The van der Waals surface area contributed by atoms with E-state index in [-0.39, 0.29) is 5.97 Å². The Hall–Kier alpha value is -1.79. The molecular formula is C20H32N2O4. The third-order valence-corrected chi connectivity index (χ3v) is 4.37. The molecule has 1 saturated heterocycles. The average Bonchev–Trinajstić information content (AvgIpc) is 2.59. The molecule has 1 fully saturated rings. The van der Waals surface area contributed by atoms with Gasteiger partial charge in [0.05, 0.1) is 20.6 Å². The highest BCUT2D eigenvalue weighted by Gasteiger charge is 2.20. The lowest BCUT2D eigenvalue weighted by Crippen LogP contribution is -2.46. The normalized spacial score (nSPS) is 16.3. The van der Waals surface area contributed by atoms with Crippen molar-refractivity contribution in [1.82, 2.24) is 9.80 Å². The summed E-state index contributed by atoms with van der Waals surface area (Å²) in [6, 6.07) is 6.06. The molecule has 6 nitrogen and oxygen atoms in total. The van der Waals surface area contributed by atoms with Crippen LogP contribution < -0.4 is 9.47 Å². The van der Waals surface area contributed by atoms with E-state index >= 15 is 0 Å². The summed E-state index contributed by atoms with van der Waals surface area (Å²) in [4.78, 5) is 16.6. The number of ether oxygens (including phenoxy) is 3. The third-order valence-electron chi connectivity index (χ3n) is 4.37. The van der Waals surface area contributed by atoms with Crippen molar-refractivity contribution in [3.8, 4) is 11.5 Å². The summed E-state index contributed by atoms with van der Waals surface area (Å²) < 4.78 is 16.0. The van der Waals surface area contributed by atoms with Gasteiger partial charge in [0.15, 0.2) is 11.5 Å². The molecule has 1 aliphatic rings. The second-order valence-corrected chi connectivity index (χ2v) is 7.64. The number of carbonyl (C=O) groups excluding carboxylic acids is 1.